The van der Waals surface area contributed by atoms with E-state index in [1.54, 1.807) is 0 Å². The maximum absolute atomic E-state index is 8.97. The first-order valence-corrected chi connectivity index (χ1v) is 10.9. The smallest absolute Gasteiger partial charge is 0.153 e. The van der Waals surface area contributed by atoms with Gasteiger partial charge in [-0.25, -0.2) is 4.98 Å². The van der Waals surface area contributed by atoms with Crippen molar-refractivity contribution in [2.45, 2.75) is 57.5 Å². The molecule has 0 saturated carbocycles. The van der Waals surface area contributed by atoms with Crippen LogP contribution >= 0.6 is 0 Å². The molecule has 2 saturated heterocycles. The molecular weight excluding hydrogens is 374 g/mol. The first kappa shape index (κ1) is 19.0. The first-order chi connectivity index (χ1) is 14.7. The van der Waals surface area contributed by atoms with E-state index in [1.807, 2.05) is 31.3 Å². The number of fused-ring (bicyclic) bond motifs is 3. The summed E-state index contributed by atoms with van der Waals surface area (Å²) in [6.45, 7) is 2.91. The van der Waals surface area contributed by atoms with Crippen LogP contribution in [-0.2, 0) is 6.42 Å². The van der Waals surface area contributed by atoms with E-state index in [2.05, 4.69) is 37.5 Å². The van der Waals surface area contributed by atoms with Gasteiger partial charge >= 0.3 is 0 Å². The Morgan fingerprint density at radius 3 is 2.80 bits per heavy atom. The third kappa shape index (κ3) is 3.75. The first-order valence-electron chi connectivity index (χ1n) is 10.9. The fraction of sp³-hybridized carbons (Fsp3) is 0.478. The molecule has 3 aromatic rings. The third-order valence-corrected chi connectivity index (χ3v) is 6.59. The maximum Gasteiger partial charge on any atom is 0.153 e. The van der Waals surface area contributed by atoms with Crippen LogP contribution in [0.15, 0.2) is 30.5 Å². The van der Waals surface area contributed by atoms with Crippen LogP contribution in [-0.4, -0.2) is 43.7 Å². The number of anilines is 2. The normalized spacial score (nSPS) is 23.5. The van der Waals surface area contributed by atoms with Gasteiger partial charge in [-0.2, -0.15) is 10.4 Å². The topological polar surface area (TPSA) is 93.5 Å². The van der Waals surface area contributed by atoms with Crippen molar-refractivity contribution in [3.63, 3.8) is 0 Å². The molecule has 1 unspecified atom stereocenters. The van der Waals surface area contributed by atoms with Crippen molar-refractivity contribution in [1.82, 2.24) is 25.1 Å². The molecule has 7 heteroatoms. The van der Waals surface area contributed by atoms with Gasteiger partial charge in [-0.3, -0.25) is 15.0 Å². The number of aromatic nitrogens is 4. The van der Waals surface area contributed by atoms with Crippen LogP contribution in [0, 0.1) is 24.2 Å². The van der Waals surface area contributed by atoms with E-state index in [0.29, 0.717) is 24.4 Å². The average molecular weight is 402 g/mol. The minimum Gasteiger partial charge on any atom is -0.323 e. The molecule has 2 fully saturated rings. The number of H-pyrrole nitrogens is 1. The zero-order valence-electron chi connectivity index (χ0n) is 17.3. The lowest BCUT2D eigenvalue weighted by atomic mass is 9.86. The van der Waals surface area contributed by atoms with Gasteiger partial charge in [0.1, 0.15) is 5.82 Å². The lowest BCUT2D eigenvalue weighted by Crippen LogP contribution is -2.43. The number of rotatable bonds is 6. The molecule has 30 heavy (non-hydrogen) atoms. The van der Waals surface area contributed by atoms with Crippen LogP contribution in [0.1, 0.15) is 43.5 Å². The van der Waals surface area contributed by atoms with Crippen molar-refractivity contribution in [3.8, 4) is 6.07 Å². The minimum absolute atomic E-state index is 0.625. The Hall–Kier alpha value is -2.98. The number of nitrogens with zero attached hydrogens (tertiary/aromatic N) is 5. The SMILES string of the molecule is Cc1cc(Nc2cc3ncccc3c(C[C@@H]3CC4CC[C@@H](C3)N4CCC#N)n2)n[nH]1. The standard InChI is InChI=1S/C23H27N7/c1-15-10-23(29-28-15)27-22-14-20-19(4-2-8-25-20)21(26-22)13-16-11-17-5-6-18(12-16)30(17)9-3-7-24/h2,4,8,10,14,16-18H,3,5-6,9,11-13H2,1H3,(H2,26,27,28,29)/t16-,17-,18?/m0/s1. The molecule has 2 aliphatic heterocycles. The van der Waals surface area contributed by atoms with Gasteiger partial charge < -0.3 is 5.32 Å². The predicted molar refractivity (Wildman–Crippen MR) is 116 cm³/mol. The summed E-state index contributed by atoms with van der Waals surface area (Å²) in [6.07, 6.45) is 8.36. The Morgan fingerprint density at radius 2 is 2.07 bits per heavy atom. The molecule has 0 aromatic carbocycles. The Kier molecular flexibility index (Phi) is 5.09. The summed E-state index contributed by atoms with van der Waals surface area (Å²) < 4.78 is 0. The van der Waals surface area contributed by atoms with Crippen LogP contribution in [0.4, 0.5) is 11.6 Å². The van der Waals surface area contributed by atoms with Gasteiger partial charge in [-0.1, -0.05) is 0 Å². The van der Waals surface area contributed by atoms with Gasteiger partial charge in [0, 0.05) is 54.5 Å². The van der Waals surface area contributed by atoms with Crippen LogP contribution in [0.5, 0.6) is 0 Å². The Bertz CT molecular complexity index is 1070. The number of hydrogen-bond acceptors (Lipinski definition) is 6. The molecular formula is C23H27N7. The van der Waals surface area contributed by atoms with Crippen molar-refractivity contribution in [2.24, 2.45) is 5.92 Å². The zero-order valence-corrected chi connectivity index (χ0v) is 17.3. The molecule has 154 valence electrons. The summed E-state index contributed by atoms with van der Waals surface area (Å²) in [4.78, 5) is 12.1. The third-order valence-electron chi connectivity index (χ3n) is 6.59. The lowest BCUT2D eigenvalue weighted by molar-refractivity contribution is 0.106. The highest BCUT2D eigenvalue weighted by atomic mass is 15.2. The van der Waals surface area contributed by atoms with E-state index in [4.69, 9.17) is 10.2 Å². The molecule has 0 amide bonds. The number of piperidine rings is 1. The fourth-order valence-electron chi connectivity index (χ4n) is 5.35. The predicted octanol–water partition coefficient (Wildman–Crippen LogP) is 4.10. The average Bonchev–Trinajstić information content (AvgIpc) is 3.25. The van der Waals surface area contributed by atoms with E-state index in [1.165, 1.54) is 25.7 Å². The van der Waals surface area contributed by atoms with Gasteiger partial charge in [-0.15, -0.1) is 0 Å². The summed E-state index contributed by atoms with van der Waals surface area (Å²) >= 11 is 0. The molecule has 0 aliphatic carbocycles. The van der Waals surface area contributed by atoms with Gasteiger partial charge in [-0.05, 0) is 57.1 Å². The number of nitriles is 1. The molecule has 0 radical (unpaired) electrons. The van der Waals surface area contributed by atoms with Gasteiger partial charge in [0.2, 0.25) is 0 Å². The van der Waals surface area contributed by atoms with Crippen molar-refractivity contribution in [3.05, 3.63) is 41.9 Å². The van der Waals surface area contributed by atoms with E-state index >= 15 is 0 Å². The molecule has 2 aliphatic rings. The summed E-state index contributed by atoms with van der Waals surface area (Å²) in [6, 6.07) is 11.6. The largest absolute Gasteiger partial charge is 0.323 e. The molecule has 2 N–H and O–H groups in total. The van der Waals surface area contributed by atoms with Crippen molar-refractivity contribution < 1.29 is 0 Å². The molecule has 7 nitrogen and oxygen atoms in total. The minimum atomic E-state index is 0.625. The van der Waals surface area contributed by atoms with Crippen LogP contribution in [0.25, 0.3) is 10.9 Å². The number of aromatic amines is 1. The lowest BCUT2D eigenvalue weighted by Gasteiger charge is -2.38. The van der Waals surface area contributed by atoms with Crippen molar-refractivity contribution in [1.29, 1.82) is 5.26 Å². The fourth-order valence-corrected chi connectivity index (χ4v) is 5.35. The van der Waals surface area contributed by atoms with E-state index < -0.39 is 0 Å². The van der Waals surface area contributed by atoms with Crippen LogP contribution in [0.2, 0.25) is 0 Å². The number of aryl methyl sites for hydroxylation is 1. The number of pyridine rings is 2. The maximum atomic E-state index is 8.97. The second kappa shape index (κ2) is 8.04. The molecule has 5 heterocycles. The highest BCUT2D eigenvalue weighted by molar-refractivity contribution is 5.83. The van der Waals surface area contributed by atoms with Crippen molar-refractivity contribution in [2.75, 3.05) is 11.9 Å². The second-order valence-electron chi connectivity index (χ2n) is 8.66. The number of nitrogens with one attached hydrogen (secondary N) is 2. The Balaban J connectivity index is 1.38. The monoisotopic (exact) mass is 401 g/mol. The zero-order chi connectivity index (χ0) is 20.5. The van der Waals surface area contributed by atoms with Gasteiger partial charge in [0.05, 0.1) is 17.3 Å². The number of hydrogen-bond donors (Lipinski definition) is 2. The summed E-state index contributed by atoms with van der Waals surface area (Å²) in [5.41, 5.74) is 3.09. The highest BCUT2D eigenvalue weighted by Crippen LogP contribution is 2.40. The van der Waals surface area contributed by atoms with E-state index in [9.17, 15) is 0 Å². The Labute approximate surface area is 176 Å². The van der Waals surface area contributed by atoms with Crippen LogP contribution in [0.3, 0.4) is 0 Å². The molecule has 0 spiro atoms. The molecule has 2 bridgehead atoms. The summed E-state index contributed by atoms with van der Waals surface area (Å²) in [5.74, 6) is 2.18. The van der Waals surface area contributed by atoms with Gasteiger partial charge in [0.25, 0.3) is 0 Å². The summed E-state index contributed by atoms with van der Waals surface area (Å²) in [5, 5.41) is 20.7. The second-order valence-corrected chi connectivity index (χ2v) is 8.66. The molecule has 5 rings (SSSR count). The highest BCUT2D eigenvalue weighted by Gasteiger charge is 2.40. The Morgan fingerprint density at radius 1 is 1.23 bits per heavy atom. The molecule has 3 atom stereocenters. The van der Waals surface area contributed by atoms with E-state index in [0.717, 1.165) is 46.9 Å². The summed E-state index contributed by atoms with van der Waals surface area (Å²) in [7, 11) is 0. The van der Waals surface area contributed by atoms with Gasteiger partial charge in [0.15, 0.2) is 5.82 Å². The van der Waals surface area contributed by atoms with Crippen molar-refractivity contribution >= 4 is 22.5 Å². The quantitative estimate of drug-likeness (QED) is 0.646. The van der Waals surface area contributed by atoms with Crippen LogP contribution < -0.4 is 5.32 Å². The van der Waals surface area contributed by atoms with E-state index in [-0.39, 0.29) is 0 Å². The molecule has 3 aromatic heterocycles.